The molecule has 0 saturated heterocycles. The Balaban J connectivity index is 3.13. The Labute approximate surface area is 109 Å². The number of phenols is 1. The molecule has 0 unspecified atom stereocenters. The van der Waals surface area contributed by atoms with Gasteiger partial charge in [0.15, 0.2) is 11.5 Å². The first-order chi connectivity index (χ1) is 8.23. The molecule has 0 atom stereocenters. The maximum atomic E-state index is 10.1. The van der Waals surface area contributed by atoms with Gasteiger partial charge in [-0.25, -0.2) is 0 Å². The van der Waals surface area contributed by atoms with Crippen molar-refractivity contribution in [3.05, 3.63) is 23.3 Å². The lowest BCUT2D eigenvalue weighted by Gasteiger charge is -2.21. The van der Waals surface area contributed by atoms with Gasteiger partial charge in [0.1, 0.15) is 0 Å². The number of rotatable bonds is 5. The van der Waals surface area contributed by atoms with Gasteiger partial charge in [-0.3, -0.25) is 0 Å². The third kappa shape index (κ3) is 4.20. The van der Waals surface area contributed by atoms with E-state index in [9.17, 15) is 5.11 Å². The van der Waals surface area contributed by atoms with Crippen LogP contribution in [-0.4, -0.2) is 36.8 Å². The second kappa shape index (κ2) is 5.59. The molecule has 18 heavy (non-hydrogen) atoms. The molecule has 1 rings (SSSR count). The number of hydrogen-bond donors (Lipinski definition) is 2. The summed E-state index contributed by atoms with van der Waals surface area (Å²) in [7, 11) is 5.49. The second-order valence-corrected chi connectivity index (χ2v) is 5.71. The zero-order chi connectivity index (χ0) is 13.9. The number of hydrogen-bond acceptors (Lipinski definition) is 4. The summed E-state index contributed by atoms with van der Waals surface area (Å²) < 4.78 is 5.21. The molecule has 0 spiro atoms. The van der Waals surface area contributed by atoms with Gasteiger partial charge in [-0.05, 0) is 46.0 Å². The van der Waals surface area contributed by atoms with E-state index in [1.807, 2.05) is 45.0 Å². The normalized spacial score (nSPS) is 11.9. The summed E-state index contributed by atoms with van der Waals surface area (Å²) in [5.74, 6) is 0.721. The molecule has 102 valence electrons. The average molecular weight is 252 g/mol. The Morgan fingerprint density at radius 1 is 1.33 bits per heavy atom. The van der Waals surface area contributed by atoms with Gasteiger partial charge in [-0.15, -0.1) is 0 Å². The molecule has 0 aliphatic carbocycles. The zero-order valence-corrected chi connectivity index (χ0v) is 11.9. The molecule has 0 heterocycles. The minimum atomic E-state index is -0.280. The lowest BCUT2D eigenvalue weighted by Crippen LogP contribution is -2.34. The van der Waals surface area contributed by atoms with Crippen LogP contribution >= 0.6 is 0 Å². The van der Waals surface area contributed by atoms with Crippen LogP contribution in [0.1, 0.15) is 25.0 Å². The molecule has 0 bridgehead atoms. The Bertz CT molecular complexity index is 409. The first-order valence-electron chi connectivity index (χ1n) is 6.05. The highest BCUT2D eigenvalue weighted by Crippen LogP contribution is 2.33. The number of benzene rings is 1. The van der Waals surface area contributed by atoms with Crippen molar-refractivity contribution in [2.45, 2.75) is 32.4 Å². The summed E-state index contributed by atoms with van der Waals surface area (Å²) in [6, 6.07) is 3.84. The highest BCUT2D eigenvalue weighted by atomic mass is 16.5. The van der Waals surface area contributed by atoms with Crippen molar-refractivity contribution in [3.63, 3.8) is 0 Å². The molecule has 0 radical (unpaired) electrons. The Hall–Kier alpha value is -1.26. The summed E-state index contributed by atoms with van der Waals surface area (Å²) in [5.41, 5.74) is 7.69. The van der Waals surface area contributed by atoms with E-state index in [0.717, 1.165) is 17.5 Å². The fourth-order valence-corrected chi connectivity index (χ4v) is 1.97. The van der Waals surface area contributed by atoms with Gasteiger partial charge in [0.25, 0.3) is 0 Å². The van der Waals surface area contributed by atoms with E-state index in [1.165, 1.54) is 0 Å². The number of nitrogens with zero attached hydrogens (tertiary/aromatic N) is 1. The van der Waals surface area contributed by atoms with E-state index < -0.39 is 0 Å². The monoisotopic (exact) mass is 252 g/mol. The summed E-state index contributed by atoms with van der Waals surface area (Å²) in [5, 5.41) is 10.1. The van der Waals surface area contributed by atoms with Gasteiger partial charge in [0.05, 0.1) is 7.11 Å². The zero-order valence-electron chi connectivity index (χ0n) is 11.9. The van der Waals surface area contributed by atoms with Crippen LogP contribution in [0.25, 0.3) is 0 Å². The van der Waals surface area contributed by atoms with E-state index in [-0.39, 0.29) is 11.3 Å². The molecular weight excluding hydrogens is 228 g/mol. The van der Waals surface area contributed by atoms with E-state index in [0.29, 0.717) is 12.3 Å². The van der Waals surface area contributed by atoms with Gasteiger partial charge in [-0.1, -0.05) is 6.07 Å². The van der Waals surface area contributed by atoms with E-state index >= 15 is 0 Å². The van der Waals surface area contributed by atoms with Crippen molar-refractivity contribution < 1.29 is 9.84 Å². The van der Waals surface area contributed by atoms with Gasteiger partial charge < -0.3 is 20.5 Å². The van der Waals surface area contributed by atoms with Crippen molar-refractivity contribution >= 4 is 0 Å². The lowest BCUT2D eigenvalue weighted by molar-refractivity contribution is 0.353. The molecule has 0 fully saturated rings. The molecule has 0 aliphatic heterocycles. The molecule has 4 heteroatoms. The lowest BCUT2D eigenvalue weighted by atomic mass is 9.94. The van der Waals surface area contributed by atoms with Crippen LogP contribution in [0.3, 0.4) is 0 Å². The number of ether oxygens (including phenoxy) is 1. The van der Waals surface area contributed by atoms with Crippen molar-refractivity contribution in [1.29, 1.82) is 0 Å². The van der Waals surface area contributed by atoms with Crippen LogP contribution in [0.4, 0.5) is 0 Å². The van der Waals surface area contributed by atoms with Crippen molar-refractivity contribution in [1.82, 2.24) is 4.90 Å². The third-order valence-electron chi connectivity index (χ3n) is 2.58. The van der Waals surface area contributed by atoms with Crippen LogP contribution in [-0.2, 0) is 13.0 Å². The highest BCUT2D eigenvalue weighted by Gasteiger charge is 2.16. The van der Waals surface area contributed by atoms with E-state index in [1.54, 1.807) is 7.11 Å². The fraction of sp³-hybridized carbons (Fsp3) is 0.571. The van der Waals surface area contributed by atoms with Crippen LogP contribution in [0.2, 0.25) is 0 Å². The second-order valence-electron chi connectivity index (χ2n) is 5.71. The van der Waals surface area contributed by atoms with Crippen molar-refractivity contribution in [2.75, 3.05) is 21.2 Å². The summed E-state index contributed by atoms with van der Waals surface area (Å²) in [6.07, 6.45) is 0.740. The minimum Gasteiger partial charge on any atom is -0.504 e. The molecule has 0 saturated carbocycles. The summed E-state index contributed by atoms with van der Waals surface area (Å²) >= 11 is 0. The van der Waals surface area contributed by atoms with Crippen LogP contribution in [0.15, 0.2) is 12.1 Å². The van der Waals surface area contributed by atoms with Gasteiger partial charge in [-0.2, -0.15) is 0 Å². The Morgan fingerprint density at radius 3 is 2.39 bits per heavy atom. The SMILES string of the molecule is COc1cc(CC(C)(C)N)cc(CN(C)C)c1O. The van der Waals surface area contributed by atoms with E-state index in [4.69, 9.17) is 10.5 Å². The first kappa shape index (κ1) is 14.8. The quantitative estimate of drug-likeness (QED) is 0.838. The molecule has 1 aromatic rings. The number of nitrogens with two attached hydrogens (primary N) is 1. The van der Waals surface area contributed by atoms with E-state index in [2.05, 4.69) is 0 Å². The molecule has 0 aromatic heterocycles. The average Bonchev–Trinajstić information content (AvgIpc) is 2.19. The topological polar surface area (TPSA) is 58.7 Å². The standard InChI is InChI=1S/C14H24N2O2/c1-14(2,15)8-10-6-11(9-16(3)4)13(17)12(7-10)18-5/h6-7,17H,8-9,15H2,1-5H3. The third-order valence-corrected chi connectivity index (χ3v) is 2.58. The maximum Gasteiger partial charge on any atom is 0.162 e. The fourth-order valence-electron chi connectivity index (χ4n) is 1.97. The van der Waals surface area contributed by atoms with Gasteiger partial charge in [0, 0.05) is 17.6 Å². The van der Waals surface area contributed by atoms with Gasteiger partial charge >= 0.3 is 0 Å². The Morgan fingerprint density at radius 2 is 1.94 bits per heavy atom. The number of methoxy groups -OCH3 is 1. The molecule has 1 aromatic carbocycles. The summed E-state index contributed by atoms with van der Waals surface area (Å²) in [4.78, 5) is 2.01. The molecule has 4 nitrogen and oxygen atoms in total. The smallest absolute Gasteiger partial charge is 0.162 e. The van der Waals surface area contributed by atoms with Crippen molar-refractivity contribution in [2.24, 2.45) is 5.73 Å². The number of aromatic hydroxyl groups is 1. The Kier molecular flexibility index (Phi) is 4.59. The molecular formula is C14H24N2O2. The maximum absolute atomic E-state index is 10.1. The van der Waals surface area contributed by atoms with Crippen LogP contribution in [0.5, 0.6) is 11.5 Å². The molecule has 0 amide bonds. The van der Waals surface area contributed by atoms with Crippen LogP contribution < -0.4 is 10.5 Å². The van der Waals surface area contributed by atoms with Crippen molar-refractivity contribution in [3.8, 4) is 11.5 Å². The highest BCUT2D eigenvalue weighted by molar-refractivity contribution is 5.48. The van der Waals surface area contributed by atoms with Crippen LogP contribution in [0, 0.1) is 0 Å². The molecule has 3 N–H and O–H groups in total. The first-order valence-corrected chi connectivity index (χ1v) is 6.05. The predicted octanol–water partition coefficient (Wildman–Crippen LogP) is 1.74. The predicted molar refractivity (Wildman–Crippen MR) is 74.0 cm³/mol. The van der Waals surface area contributed by atoms with Gasteiger partial charge in [0.2, 0.25) is 0 Å². The summed E-state index contributed by atoms with van der Waals surface area (Å²) in [6.45, 7) is 4.64. The number of phenolic OH excluding ortho intramolecular Hbond substituents is 1. The minimum absolute atomic E-state index is 0.213. The molecule has 0 aliphatic rings. The largest absolute Gasteiger partial charge is 0.504 e.